The zero-order valence-corrected chi connectivity index (χ0v) is 13.1. The van der Waals surface area contributed by atoms with E-state index in [0.717, 1.165) is 12.8 Å². The van der Waals surface area contributed by atoms with Crippen molar-refractivity contribution in [3.05, 3.63) is 64.9 Å². The Morgan fingerprint density at radius 2 is 1.91 bits per heavy atom. The Morgan fingerprint density at radius 3 is 2.59 bits per heavy atom. The van der Waals surface area contributed by atoms with Crippen LogP contribution in [0.1, 0.15) is 25.3 Å². The molecule has 1 aliphatic carbocycles. The average Bonchev–Trinajstić information content (AvgIpc) is 2.47. The molecular weight excluding hydrogens is 303 g/mol. The van der Waals surface area contributed by atoms with Gasteiger partial charge in [0, 0.05) is 12.8 Å². The largest absolute Gasteiger partial charge is 0.486 e. The molecule has 0 atom stereocenters. The van der Waals surface area contributed by atoms with Crippen molar-refractivity contribution in [2.24, 2.45) is 0 Å². The minimum absolute atomic E-state index is 0.185. The molecule has 2 aromatic carbocycles. The third-order valence-electron chi connectivity index (χ3n) is 3.90. The number of hydrogen-bond acceptors (Lipinski definition) is 2. The van der Waals surface area contributed by atoms with Crippen molar-refractivity contribution in [1.29, 1.82) is 0 Å². The van der Waals surface area contributed by atoms with E-state index in [1.807, 2.05) is 37.3 Å². The molecule has 0 bridgehead atoms. The fraction of sp³-hybridized carbons (Fsp3) is 0.333. The summed E-state index contributed by atoms with van der Waals surface area (Å²) in [5.74, 6) is 0.159. The van der Waals surface area contributed by atoms with Crippen LogP contribution in [0.5, 0.6) is 5.75 Å². The van der Waals surface area contributed by atoms with E-state index in [-0.39, 0.29) is 17.5 Å². The molecule has 0 spiro atoms. The van der Waals surface area contributed by atoms with Crippen molar-refractivity contribution in [2.45, 2.75) is 38.1 Å². The molecule has 22 heavy (non-hydrogen) atoms. The molecule has 3 rings (SSSR count). The first-order valence-electron chi connectivity index (χ1n) is 7.34. The maximum atomic E-state index is 13.0. The highest BCUT2D eigenvalue weighted by molar-refractivity contribution is 6.32. The first-order chi connectivity index (χ1) is 10.5. The molecule has 116 valence electrons. The lowest BCUT2D eigenvalue weighted by Gasteiger charge is -2.44. The number of ether oxygens (including phenoxy) is 2. The van der Waals surface area contributed by atoms with Gasteiger partial charge in [0.1, 0.15) is 17.2 Å². The smallest absolute Gasteiger partial charge is 0.138 e. The number of hydrogen-bond donors (Lipinski definition) is 0. The lowest BCUT2D eigenvalue weighted by molar-refractivity contribution is -0.120. The van der Waals surface area contributed by atoms with Gasteiger partial charge in [0.15, 0.2) is 0 Å². The van der Waals surface area contributed by atoms with Gasteiger partial charge in [-0.1, -0.05) is 41.9 Å². The van der Waals surface area contributed by atoms with Gasteiger partial charge >= 0.3 is 0 Å². The van der Waals surface area contributed by atoms with Crippen LogP contribution in [0.2, 0.25) is 5.02 Å². The average molecular weight is 321 g/mol. The second-order valence-electron chi connectivity index (χ2n) is 5.95. The Hall–Kier alpha value is -1.58. The highest BCUT2D eigenvalue weighted by Crippen LogP contribution is 2.40. The van der Waals surface area contributed by atoms with Crippen molar-refractivity contribution in [3.63, 3.8) is 0 Å². The van der Waals surface area contributed by atoms with Gasteiger partial charge < -0.3 is 9.47 Å². The van der Waals surface area contributed by atoms with E-state index in [4.69, 9.17) is 21.1 Å². The predicted molar refractivity (Wildman–Crippen MR) is 84.7 cm³/mol. The minimum atomic E-state index is -0.361. The number of halogens is 2. The van der Waals surface area contributed by atoms with E-state index in [2.05, 4.69) is 0 Å². The first-order valence-corrected chi connectivity index (χ1v) is 7.71. The Kier molecular flexibility index (Phi) is 4.37. The molecule has 1 aliphatic rings. The maximum absolute atomic E-state index is 13.0. The molecule has 1 fully saturated rings. The summed E-state index contributed by atoms with van der Waals surface area (Å²) < 4.78 is 24.8. The van der Waals surface area contributed by atoms with Crippen LogP contribution in [0.3, 0.4) is 0 Å². The van der Waals surface area contributed by atoms with Gasteiger partial charge in [-0.25, -0.2) is 4.39 Å². The van der Waals surface area contributed by atoms with Gasteiger partial charge in [-0.15, -0.1) is 0 Å². The van der Waals surface area contributed by atoms with Crippen LogP contribution in [-0.2, 0) is 11.3 Å². The molecule has 0 amide bonds. The monoisotopic (exact) mass is 320 g/mol. The van der Waals surface area contributed by atoms with Crippen LogP contribution >= 0.6 is 11.6 Å². The van der Waals surface area contributed by atoms with Crippen LogP contribution in [-0.4, -0.2) is 11.7 Å². The Bertz CT molecular complexity index is 639. The fourth-order valence-electron chi connectivity index (χ4n) is 2.72. The summed E-state index contributed by atoms with van der Waals surface area (Å²) in [5, 5.41) is 0.301. The van der Waals surface area contributed by atoms with Gasteiger partial charge in [0.25, 0.3) is 0 Å². The van der Waals surface area contributed by atoms with Crippen molar-refractivity contribution < 1.29 is 13.9 Å². The molecule has 0 aliphatic heterocycles. The molecule has 2 nitrogen and oxygen atoms in total. The summed E-state index contributed by atoms with van der Waals surface area (Å²) in [6.07, 6.45) is 1.78. The Balaban J connectivity index is 1.51. The van der Waals surface area contributed by atoms with Crippen molar-refractivity contribution >= 4 is 11.6 Å². The Labute approximate surface area is 134 Å². The zero-order valence-electron chi connectivity index (χ0n) is 12.4. The molecule has 2 aromatic rings. The SMILES string of the molecule is CC1(Oc2ccc(F)cc2Cl)CC(OCc2ccccc2)C1. The second kappa shape index (κ2) is 6.27. The summed E-state index contributed by atoms with van der Waals surface area (Å²) in [4.78, 5) is 0. The quantitative estimate of drug-likeness (QED) is 0.772. The van der Waals surface area contributed by atoms with Crippen LogP contribution in [0.15, 0.2) is 48.5 Å². The predicted octanol–water partition coefficient (Wildman–Crippen LogP) is 5.00. The summed E-state index contributed by atoms with van der Waals surface area (Å²) in [6.45, 7) is 2.63. The summed E-state index contributed by atoms with van der Waals surface area (Å²) in [6, 6.07) is 14.3. The molecular formula is C18H18ClFO2. The van der Waals surface area contributed by atoms with Crippen molar-refractivity contribution in [1.82, 2.24) is 0 Å². The molecule has 0 aromatic heterocycles. The Morgan fingerprint density at radius 1 is 1.18 bits per heavy atom. The van der Waals surface area contributed by atoms with E-state index >= 15 is 0 Å². The molecule has 0 unspecified atom stereocenters. The molecule has 0 heterocycles. The second-order valence-corrected chi connectivity index (χ2v) is 6.36. The number of rotatable bonds is 5. The standard InChI is InChI=1S/C18H18ClFO2/c1-18(22-17-8-7-14(20)9-16(17)19)10-15(11-18)21-12-13-5-3-2-4-6-13/h2-9,15H,10-12H2,1H3. The molecule has 1 saturated carbocycles. The van der Waals surface area contributed by atoms with Gasteiger partial charge in [-0.3, -0.25) is 0 Å². The van der Waals surface area contributed by atoms with Crippen LogP contribution in [0, 0.1) is 5.82 Å². The van der Waals surface area contributed by atoms with E-state index in [1.54, 1.807) is 6.07 Å². The maximum Gasteiger partial charge on any atom is 0.138 e. The van der Waals surface area contributed by atoms with Crippen molar-refractivity contribution in [2.75, 3.05) is 0 Å². The fourth-order valence-corrected chi connectivity index (χ4v) is 2.92. The molecule has 0 radical (unpaired) electrons. The highest BCUT2D eigenvalue weighted by Gasteiger charge is 2.43. The summed E-state index contributed by atoms with van der Waals surface area (Å²) in [5.41, 5.74) is 0.863. The molecule has 0 saturated heterocycles. The normalized spacial score (nSPS) is 23.9. The summed E-state index contributed by atoms with van der Waals surface area (Å²) in [7, 11) is 0. The van der Waals surface area contributed by atoms with Crippen molar-refractivity contribution in [3.8, 4) is 5.75 Å². The van der Waals surface area contributed by atoms with E-state index in [1.165, 1.54) is 17.7 Å². The van der Waals surface area contributed by atoms with Crippen LogP contribution in [0.4, 0.5) is 4.39 Å². The van der Waals surface area contributed by atoms with E-state index < -0.39 is 0 Å². The highest BCUT2D eigenvalue weighted by atomic mass is 35.5. The zero-order chi connectivity index (χ0) is 15.6. The van der Waals surface area contributed by atoms with Gasteiger partial charge in [-0.2, -0.15) is 0 Å². The van der Waals surface area contributed by atoms with E-state index in [0.29, 0.717) is 17.4 Å². The third kappa shape index (κ3) is 3.60. The molecule has 0 N–H and O–H groups in total. The molecule has 4 heteroatoms. The van der Waals surface area contributed by atoms with Gasteiger partial charge in [0.05, 0.1) is 17.7 Å². The lowest BCUT2D eigenvalue weighted by atomic mass is 9.78. The minimum Gasteiger partial charge on any atom is -0.486 e. The van der Waals surface area contributed by atoms with Crippen LogP contribution < -0.4 is 4.74 Å². The lowest BCUT2D eigenvalue weighted by Crippen LogP contribution is -2.50. The first kappa shape index (κ1) is 15.3. The van der Waals surface area contributed by atoms with E-state index in [9.17, 15) is 4.39 Å². The van der Waals surface area contributed by atoms with Gasteiger partial charge in [0.2, 0.25) is 0 Å². The number of benzene rings is 2. The van der Waals surface area contributed by atoms with Gasteiger partial charge in [-0.05, 0) is 30.7 Å². The van der Waals surface area contributed by atoms with Crippen LogP contribution in [0.25, 0.3) is 0 Å². The third-order valence-corrected chi connectivity index (χ3v) is 4.19. The topological polar surface area (TPSA) is 18.5 Å². The summed E-state index contributed by atoms with van der Waals surface area (Å²) >= 11 is 6.00.